The molecule has 0 atom stereocenters. The van der Waals surface area contributed by atoms with Gasteiger partial charge in [0, 0.05) is 29.8 Å². The van der Waals surface area contributed by atoms with Gasteiger partial charge in [0.1, 0.15) is 41.2 Å². The minimum absolute atomic E-state index is 0.182. The van der Waals surface area contributed by atoms with Crippen molar-refractivity contribution in [3.8, 4) is 45.5 Å². The number of anilines is 2. The molecule has 2 heterocycles. The van der Waals surface area contributed by atoms with Crippen LogP contribution < -0.4 is 41.9 Å². The Morgan fingerprint density at radius 1 is 0.744 bits per heavy atom. The quantitative estimate of drug-likeness (QED) is 0.237. The number of nitrogens with zero attached hydrogens (tertiary/aromatic N) is 2. The van der Waals surface area contributed by atoms with Gasteiger partial charge in [-0.25, -0.2) is 9.97 Å². The molecule has 0 aliphatic carbocycles. The standard InChI is InChI=1S/C14H15N3O3.C14H17N3O2/c1-19-12-7-9(20-8-14(16)18)5-6-10(12)11-3-2-4-13(15)17-11;1-18-13-9-10(19-8-7-15)5-6-11(13)12-3-2-4-14(16)17-12/h2-7H,8H2,1H3,(H2,15,17)(H2,16,18);2-6,9H,7-8,15H2,1H3,(H2,16,17). The number of ether oxygens (including phenoxy) is 4. The van der Waals surface area contributed by atoms with Crippen LogP contribution in [-0.2, 0) is 4.79 Å². The van der Waals surface area contributed by atoms with E-state index in [0.717, 1.165) is 22.6 Å². The highest BCUT2D eigenvalue weighted by Gasteiger charge is 2.11. The second kappa shape index (κ2) is 14.1. The molecular weight excluding hydrogens is 500 g/mol. The van der Waals surface area contributed by atoms with Crippen LogP contribution >= 0.6 is 0 Å². The number of benzene rings is 2. The number of hydrogen-bond acceptors (Lipinski definition) is 10. The SMILES string of the molecule is COc1cc(OCC(N)=O)ccc1-c1cccc(N)n1.COc1cc(OCCN)ccc1-c1cccc(N)n1. The van der Waals surface area contributed by atoms with Crippen LogP contribution in [0.2, 0.25) is 0 Å². The highest BCUT2D eigenvalue weighted by Crippen LogP contribution is 2.33. The highest BCUT2D eigenvalue weighted by molar-refractivity contribution is 5.75. The minimum Gasteiger partial charge on any atom is -0.496 e. The molecule has 0 aliphatic heterocycles. The van der Waals surface area contributed by atoms with Crippen LogP contribution in [0.5, 0.6) is 23.0 Å². The average molecular weight is 533 g/mol. The molecule has 8 N–H and O–H groups in total. The van der Waals surface area contributed by atoms with Crippen molar-refractivity contribution in [2.75, 3.05) is 45.4 Å². The Labute approximate surface area is 226 Å². The van der Waals surface area contributed by atoms with Crippen molar-refractivity contribution in [3.05, 3.63) is 72.8 Å². The summed E-state index contributed by atoms with van der Waals surface area (Å²) >= 11 is 0. The molecule has 0 bridgehead atoms. The molecule has 0 radical (unpaired) electrons. The van der Waals surface area contributed by atoms with Gasteiger partial charge in [-0.15, -0.1) is 0 Å². The van der Waals surface area contributed by atoms with E-state index in [2.05, 4.69) is 9.97 Å². The number of carbonyl (C=O) groups is 1. The van der Waals surface area contributed by atoms with Crippen LogP contribution in [0.1, 0.15) is 0 Å². The molecule has 0 spiro atoms. The number of hydrogen-bond donors (Lipinski definition) is 4. The Kier molecular flexibility index (Phi) is 10.3. The second-order valence-corrected chi connectivity index (χ2v) is 8.01. The fourth-order valence-corrected chi connectivity index (χ4v) is 3.48. The second-order valence-electron chi connectivity index (χ2n) is 8.01. The Balaban J connectivity index is 0.000000216. The van der Waals surface area contributed by atoms with Crippen molar-refractivity contribution in [1.29, 1.82) is 0 Å². The van der Waals surface area contributed by atoms with Gasteiger partial charge in [0.25, 0.3) is 5.91 Å². The summed E-state index contributed by atoms with van der Waals surface area (Å²) in [6.07, 6.45) is 0. The predicted octanol–water partition coefficient (Wildman–Crippen LogP) is 2.88. The van der Waals surface area contributed by atoms with Gasteiger partial charge < -0.3 is 41.9 Å². The topological polar surface area (TPSA) is 184 Å². The molecule has 204 valence electrons. The zero-order chi connectivity index (χ0) is 28.2. The smallest absolute Gasteiger partial charge is 0.255 e. The molecular formula is C28H32N6O5. The first-order valence-corrected chi connectivity index (χ1v) is 11.9. The molecule has 11 heteroatoms. The molecule has 2 aromatic carbocycles. The van der Waals surface area contributed by atoms with Gasteiger partial charge in [-0.2, -0.15) is 0 Å². The third kappa shape index (κ3) is 8.23. The predicted molar refractivity (Wildman–Crippen MR) is 151 cm³/mol. The fourth-order valence-electron chi connectivity index (χ4n) is 3.48. The molecule has 4 rings (SSSR count). The Morgan fingerprint density at radius 3 is 1.64 bits per heavy atom. The van der Waals surface area contributed by atoms with Crippen molar-refractivity contribution >= 4 is 17.5 Å². The first-order chi connectivity index (χ1) is 18.8. The lowest BCUT2D eigenvalue weighted by Gasteiger charge is -2.11. The lowest BCUT2D eigenvalue weighted by molar-refractivity contribution is -0.119. The third-order valence-corrected chi connectivity index (χ3v) is 5.21. The maximum absolute atomic E-state index is 10.7. The molecule has 39 heavy (non-hydrogen) atoms. The van der Waals surface area contributed by atoms with Crippen LogP contribution in [0.15, 0.2) is 72.8 Å². The number of aromatic nitrogens is 2. The summed E-state index contributed by atoms with van der Waals surface area (Å²) < 4.78 is 21.4. The molecule has 0 unspecified atom stereocenters. The zero-order valence-corrected chi connectivity index (χ0v) is 21.8. The van der Waals surface area contributed by atoms with Crippen molar-refractivity contribution in [2.45, 2.75) is 0 Å². The van der Waals surface area contributed by atoms with Crippen LogP contribution in [-0.4, -0.2) is 49.9 Å². The summed E-state index contributed by atoms with van der Waals surface area (Å²) in [5.41, 5.74) is 24.9. The van der Waals surface area contributed by atoms with Gasteiger partial charge in [-0.3, -0.25) is 4.79 Å². The summed E-state index contributed by atoms with van der Waals surface area (Å²) in [7, 11) is 3.15. The maximum Gasteiger partial charge on any atom is 0.255 e. The number of pyridine rings is 2. The summed E-state index contributed by atoms with van der Waals surface area (Å²) in [6, 6.07) is 21.6. The van der Waals surface area contributed by atoms with Crippen LogP contribution in [0.3, 0.4) is 0 Å². The van der Waals surface area contributed by atoms with Crippen LogP contribution in [0.4, 0.5) is 11.6 Å². The number of rotatable bonds is 10. The average Bonchev–Trinajstić information content (AvgIpc) is 2.95. The van der Waals surface area contributed by atoms with Gasteiger partial charge in [0.2, 0.25) is 0 Å². The van der Waals surface area contributed by atoms with E-state index >= 15 is 0 Å². The van der Waals surface area contributed by atoms with Crippen LogP contribution in [0.25, 0.3) is 22.5 Å². The van der Waals surface area contributed by atoms with Crippen molar-refractivity contribution in [1.82, 2.24) is 9.97 Å². The van der Waals surface area contributed by atoms with Crippen molar-refractivity contribution in [3.63, 3.8) is 0 Å². The molecule has 11 nitrogen and oxygen atoms in total. The van der Waals surface area contributed by atoms with E-state index < -0.39 is 5.91 Å². The summed E-state index contributed by atoms with van der Waals surface area (Å²) in [5, 5.41) is 0. The summed E-state index contributed by atoms with van der Waals surface area (Å²) in [5.74, 6) is 2.84. The highest BCUT2D eigenvalue weighted by atomic mass is 16.5. The molecule has 2 aromatic heterocycles. The van der Waals surface area contributed by atoms with E-state index in [-0.39, 0.29) is 6.61 Å². The van der Waals surface area contributed by atoms with E-state index in [1.165, 1.54) is 0 Å². The maximum atomic E-state index is 10.7. The normalized spacial score (nSPS) is 10.1. The lowest BCUT2D eigenvalue weighted by Crippen LogP contribution is -2.20. The van der Waals surface area contributed by atoms with Gasteiger partial charge in [0.15, 0.2) is 6.61 Å². The van der Waals surface area contributed by atoms with E-state index in [0.29, 0.717) is 47.7 Å². The van der Waals surface area contributed by atoms with Crippen molar-refractivity contribution < 1.29 is 23.7 Å². The number of carbonyl (C=O) groups excluding carboxylic acids is 1. The molecule has 0 aliphatic rings. The van der Waals surface area contributed by atoms with Gasteiger partial charge in [-0.05, 0) is 48.5 Å². The molecule has 0 saturated heterocycles. The summed E-state index contributed by atoms with van der Waals surface area (Å²) in [4.78, 5) is 19.2. The zero-order valence-electron chi connectivity index (χ0n) is 21.8. The van der Waals surface area contributed by atoms with E-state index in [1.807, 2.05) is 42.5 Å². The molecule has 0 fully saturated rings. The number of nitrogens with two attached hydrogens (primary N) is 4. The molecule has 1 amide bonds. The summed E-state index contributed by atoms with van der Waals surface area (Å²) in [6.45, 7) is 0.763. The first kappa shape index (κ1) is 28.5. The third-order valence-electron chi connectivity index (χ3n) is 5.21. The van der Waals surface area contributed by atoms with E-state index in [9.17, 15) is 4.79 Å². The fraction of sp³-hybridized carbons (Fsp3) is 0.179. The number of nitrogen functional groups attached to an aromatic ring is 2. The number of amides is 1. The Morgan fingerprint density at radius 2 is 1.23 bits per heavy atom. The largest absolute Gasteiger partial charge is 0.496 e. The first-order valence-electron chi connectivity index (χ1n) is 11.9. The molecule has 4 aromatic rings. The van der Waals surface area contributed by atoms with E-state index in [4.69, 9.17) is 41.9 Å². The Bertz CT molecular complexity index is 1400. The van der Waals surface area contributed by atoms with Gasteiger partial charge in [-0.1, -0.05) is 12.1 Å². The van der Waals surface area contributed by atoms with Gasteiger partial charge >= 0.3 is 0 Å². The number of primary amides is 1. The minimum atomic E-state index is -0.537. The van der Waals surface area contributed by atoms with E-state index in [1.54, 1.807) is 44.6 Å². The molecule has 0 saturated carbocycles. The van der Waals surface area contributed by atoms with Crippen LogP contribution in [0, 0.1) is 0 Å². The monoisotopic (exact) mass is 532 g/mol. The number of methoxy groups -OCH3 is 2. The van der Waals surface area contributed by atoms with Crippen molar-refractivity contribution in [2.24, 2.45) is 11.5 Å². The Hall–Kier alpha value is -5.03. The lowest BCUT2D eigenvalue weighted by atomic mass is 10.1. The van der Waals surface area contributed by atoms with Gasteiger partial charge in [0.05, 0.1) is 25.6 Å².